The van der Waals surface area contributed by atoms with Gasteiger partial charge in [0.1, 0.15) is 12.1 Å². The number of hydrogen-bond acceptors (Lipinski definition) is 3. The Morgan fingerprint density at radius 2 is 2.26 bits per heavy atom. The molecule has 2 aromatic heterocycles. The zero-order valence-electron chi connectivity index (χ0n) is 13.4. The highest BCUT2D eigenvalue weighted by atomic mass is 127. The van der Waals surface area contributed by atoms with Gasteiger partial charge in [-0.1, -0.05) is 13.0 Å². The van der Waals surface area contributed by atoms with Gasteiger partial charge in [0.2, 0.25) is 0 Å². The van der Waals surface area contributed by atoms with E-state index in [2.05, 4.69) is 45.5 Å². The molecule has 1 saturated carbocycles. The van der Waals surface area contributed by atoms with Crippen molar-refractivity contribution in [2.75, 3.05) is 6.54 Å². The van der Waals surface area contributed by atoms with E-state index in [9.17, 15) is 0 Å². The van der Waals surface area contributed by atoms with Crippen LogP contribution in [0.3, 0.4) is 0 Å². The Hall–Kier alpha value is -1.64. The fourth-order valence-corrected chi connectivity index (χ4v) is 2.25. The summed E-state index contributed by atoms with van der Waals surface area (Å²) >= 11 is 0. The average molecular weight is 426 g/mol. The summed E-state index contributed by atoms with van der Waals surface area (Å²) in [5.74, 6) is 2.50. The highest BCUT2D eigenvalue weighted by Gasteiger charge is 2.33. The molecule has 3 rings (SSSR count). The quantitative estimate of drug-likeness (QED) is 0.438. The fourth-order valence-electron chi connectivity index (χ4n) is 2.25. The van der Waals surface area contributed by atoms with Crippen LogP contribution in [0.5, 0.6) is 0 Å². The van der Waals surface area contributed by atoms with Crippen LogP contribution in [0.4, 0.5) is 0 Å². The number of rotatable bonds is 5. The van der Waals surface area contributed by atoms with Crippen LogP contribution in [-0.2, 0) is 6.54 Å². The normalized spacial score (nSPS) is 19.8. The molecule has 0 amide bonds. The Morgan fingerprint density at radius 1 is 1.43 bits per heavy atom. The van der Waals surface area contributed by atoms with Crippen molar-refractivity contribution >= 4 is 29.9 Å². The van der Waals surface area contributed by atoms with Gasteiger partial charge in [0.25, 0.3) is 0 Å². The molecule has 2 unspecified atom stereocenters. The molecule has 2 N–H and O–H groups in total. The zero-order chi connectivity index (χ0) is 15.4. The smallest absolute Gasteiger partial charge is 0.191 e. The number of guanidine groups is 1. The van der Waals surface area contributed by atoms with Gasteiger partial charge < -0.3 is 10.6 Å². The van der Waals surface area contributed by atoms with Gasteiger partial charge >= 0.3 is 0 Å². The molecule has 0 radical (unpaired) electrons. The molecule has 0 aromatic carbocycles. The maximum Gasteiger partial charge on any atom is 0.191 e. The molecule has 0 aliphatic heterocycles. The van der Waals surface area contributed by atoms with E-state index in [1.165, 1.54) is 6.42 Å². The number of pyridine rings is 1. The Balaban J connectivity index is 0.00000192. The third-order valence-corrected chi connectivity index (χ3v) is 3.77. The number of nitrogens with one attached hydrogen (secondary N) is 2. The number of halogens is 1. The second kappa shape index (κ2) is 8.28. The molecule has 6 nitrogen and oxygen atoms in total. The van der Waals surface area contributed by atoms with E-state index in [4.69, 9.17) is 0 Å². The van der Waals surface area contributed by atoms with Gasteiger partial charge in [-0.05, 0) is 30.9 Å². The topological polar surface area (TPSA) is 67.1 Å². The predicted octanol–water partition coefficient (Wildman–Crippen LogP) is 2.35. The van der Waals surface area contributed by atoms with Crippen molar-refractivity contribution < 1.29 is 0 Å². The van der Waals surface area contributed by atoms with Gasteiger partial charge in [0, 0.05) is 31.2 Å². The van der Waals surface area contributed by atoms with Crippen molar-refractivity contribution in [3.8, 4) is 5.82 Å². The first-order valence-corrected chi connectivity index (χ1v) is 7.74. The van der Waals surface area contributed by atoms with Crippen LogP contribution in [0.15, 0.2) is 42.0 Å². The van der Waals surface area contributed by atoms with Crippen molar-refractivity contribution in [3.63, 3.8) is 0 Å². The second-order valence-corrected chi connectivity index (χ2v) is 5.65. The van der Waals surface area contributed by atoms with E-state index in [-0.39, 0.29) is 24.0 Å². The van der Waals surface area contributed by atoms with E-state index in [0.717, 1.165) is 29.8 Å². The second-order valence-electron chi connectivity index (χ2n) is 5.65. The molecule has 0 spiro atoms. The number of hydrogen-bond donors (Lipinski definition) is 2. The number of imidazole rings is 1. The van der Waals surface area contributed by atoms with Gasteiger partial charge in [-0.15, -0.1) is 24.0 Å². The highest BCUT2D eigenvalue weighted by Crippen LogP contribution is 2.28. The largest absolute Gasteiger partial charge is 0.357 e. The first-order chi connectivity index (χ1) is 10.8. The lowest BCUT2D eigenvalue weighted by molar-refractivity contribution is 0.766. The van der Waals surface area contributed by atoms with Crippen LogP contribution >= 0.6 is 24.0 Å². The highest BCUT2D eigenvalue weighted by molar-refractivity contribution is 14.0. The first kappa shape index (κ1) is 17.7. The maximum atomic E-state index is 4.63. The van der Waals surface area contributed by atoms with Crippen LogP contribution in [0.1, 0.15) is 25.8 Å². The van der Waals surface area contributed by atoms with Crippen LogP contribution in [0.25, 0.3) is 5.82 Å². The zero-order valence-corrected chi connectivity index (χ0v) is 15.8. The molecule has 0 bridgehead atoms. The minimum Gasteiger partial charge on any atom is -0.357 e. The van der Waals surface area contributed by atoms with Crippen LogP contribution in [0, 0.1) is 5.92 Å². The fraction of sp³-hybridized carbons (Fsp3) is 0.438. The van der Waals surface area contributed by atoms with Crippen LogP contribution < -0.4 is 10.6 Å². The molecule has 1 fully saturated rings. The molecular weight excluding hydrogens is 403 g/mol. The van der Waals surface area contributed by atoms with Crippen molar-refractivity contribution in [1.29, 1.82) is 0 Å². The maximum absolute atomic E-state index is 4.63. The number of nitrogens with zero attached hydrogens (tertiary/aromatic N) is 4. The molecule has 124 valence electrons. The van der Waals surface area contributed by atoms with Gasteiger partial charge in [-0.2, -0.15) is 0 Å². The van der Waals surface area contributed by atoms with Crippen molar-refractivity contribution in [2.24, 2.45) is 10.9 Å². The van der Waals surface area contributed by atoms with E-state index in [1.807, 2.05) is 23.0 Å². The Kier molecular flexibility index (Phi) is 6.37. The summed E-state index contributed by atoms with van der Waals surface area (Å²) in [6.45, 7) is 5.81. The number of aromatic nitrogens is 3. The average Bonchev–Trinajstić information content (AvgIpc) is 3.02. The van der Waals surface area contributed by atoms with E-state index in [1.54, 1.807) is 12.5 Å². The lowest BCUT2D eigenvalue weighted by Crippen LogP contribution is -2.39. The Morgan fingerprint density at radius 3 is 2.83 bits per heavy atom. The van der Waals surface area contributed by atoms with Crippen LogP contribution in [-0.4, -0.2) is 33.1 Å². The van der Waals surface area contributed by atoms with Crippen LogP contribution in [0.2, 0.25) is 0 Å². The molecule has 1 aliphatic carbocycles. The molecule has 0 saturated heterocycles. The molecule has 2 aromatic rings. The summed E-state index contributed by atoms with van der Waals surface area (Å²) in [5.41, 5.74) is 1.09. The van der Waals surface area contributed by atoms with Crippen molar-refractivity contribution in [2.45, 2.75) is 32.9 Å². The minimum atomic E-state index is 0. The molecular formula is C16H23IN6. The minimum absolute atomic E-state index is 0. The monoisotopic (exact) mass is 426 g/mol. The Labute approximate surface area is 153 Å². The third-order valence-electron chi connectivity index (χ3n) is 3.77. The predicted molar refractivity (Wildman–Crippen MR) is 102 cm³/mol. The lowest BCUT2D eigenvalue weighted by atomic mass is 10.3. The van der Waals surface area contributed by atoms with Crippen molar-refractivity contribution in [3.05, 3.63) is 42.6 Å². The van der Waals surface area contributed by atoms with Gasteiger partial charge in [0.15, 0.2) is 5.96 Å². The standard InChI is InChI=1S/C16H22N6.HI/c1-3-18-16(21-14-8-12(14)2)20-10-13-4-5-15(19-9-13)22-7-6-17-11-22;/h4-7,9,11-12,14H,3,8,10H2,1-2H3,(H2,18,20,21);1H. The first-order valence-electron chi connectivity index (χ1n) is 7.74. The molecule has 2 heterocycles. The molecule has 2 atom stereocenters. The molecule has 7 heteroatoms. The summed E-state index contributed by atoms with van der Waals surface area (Å²) in [7, 11) is 0. The summed E-state index contributed by atoms with van der Waals surface area (Å²) in [6.07, 6.45) is 8.45. The van der Waals surface area contributed by atoms with E-state index in [0.29, 0.717) is 12.6 Å². The van der Waals surface area contributed by atoms with Crippen molar-refractivity contribution in [1.82, 2.24) is 25.2 Å². The summed E-state index contributed by atoms with van der Waals surface area (Å²) in [4.78, 5) is 13.1. The SMILES string of the molecule is CCNC(=NCc1ccc(-n2ccnc2)nc1)NC1CC1C.I. The summed E-state index contributed by atoms with van der Waals surface area (Å²) in [6, 6.07) is 4.60. The van der Waals surface area contributed by atoms with E-state index < -0.39 is 0 Å². The van der Waals surface area contributed by atoms with Gasteiger partial charge in [-0.3, -0.25) is 4.57 Å². The Bertz CT molecular complexity index is 623. The summed E-state index contributed by atoms with van der Waals surface area (Å²) in [5, 5.41) is 6.74. The third kappa shape index (κ3) is 4.92. The number of aliphatic imine (C=N–C) groups is 1. The van der Waals surface area contributed by atoms with Gasteiger partial charge in [0.05, 0.1) is 6.54 Å². The van der Waals surface area contributed by atoms with Gasteiger partial charge in [-0.25, -0.2) is 15.0 Å². The lowest BCUT2D eigenvalue weighted by Gasteiger charge is -2.10. The molecule has 1 aliphatic rings. The summed E-state index contributed by atoms with van der Waals surface area (Å²) < 4.78 is 1.88. The van der Waals surface area contributed by atoms with E-state index >= 15 is 0 Å². The molecule has 23 heavy (non-hydrogen) atoms.